The highest BCUT2D eigenvalue weighted by Crippen LogP contribution is 2.38. The van der Waals surface area contributed by atoms with Crippen LogP contribution >= 0.6 is 39.1 Å². The fourth-order valence-electron chi connectivity index (χ4n) is 3.28. The second kappa shape index (κ2) is 11.1. The second-order valence-corrected chi connectivity index (χ2v) is 9.13. The quantitative estimate of drug-likeness (QED) is 0.121. The number of hydrogen-bond donors (Lipinski definition) is 0. The zero-order valence-corrected chi connectivity index (χ0v) is 21.8. The molecule has 0 atom stereocenters. The predicted octanol–water partition coefficient (Wildman–Crippen LogP) is 6.99. The van der Waals surface area contributed by atoms with Gasteiger partial charge in [-0.25, -0.2) is 9.79 Å². The molecular weight excluding hydrogens is 575 g/mol. The van der Waals surface area contributed by atoms with E-state index in [1.807, 2.05) is 19.1 Å². The molecule has 0 bridgehead atoms. The smallest absolute Gasteiger partial charge is 0.363 e. The minimum atomic E-state index is -0.684. The number of benzene rings is 3. The monoisotopic (exact) mass is 590 g/mol. The molecule has 0 saturated carbocycles. The Bertz CT molecular complexity index is 1410. The van der Waals surface area contributed by atoms with E-state index in [0.29, 0.717) is 39.8 Å². The summed E-state index contributed by atoms with van der Waals surface area (Å²) in [6.45, 7) is 2.54. The first kappa shape index (κ1) is 25.7. The summed E-state index contributed by atoms with van der Waals surface area (Å²) < 4.78 is 17.6. The number of halogens is 3. The molecule has 184 valence electrons. The summed E-state index contributed by atoms with van der Waals surface area (Å²) in [5.74, 6) is 0.251. The molecule has 0 aliphatic carbocycles. The van der Waals surface area contributed by atoms with Gasteiger partial charge in [-0.05, 0) is 70.4 Å². The maximum Gasteiger partial charge on any atom is 0.363 e. The molecule has 0 amide bonds. The van der Waals surface area contributed by atoms with E-state index < -0.39 is 10.9 Å². The van der Waals surface area contributed by atoms with Gasteiger partial charge in [-0.15, -0.1) is 0 Å². The molecule has 4 rings (SSSR count). The summed E-state index contributed by atoms with van der Waals surface area (Å²) in [6, 6.07) is 14.6. The van der Waals surface area contributed by atoms with Crippen LogP contribution in [-0.4, -0.2) is 23.4 Å². The first-order valence-electron chi connectivity index (χ1n) is 10.6. The van der Waals surface area contributed by atoms with E-state index >= 15 is 0 Å². The summed E-state index contributed by atoms with van der Waals surface area (Å²) in [5, 5.41) is 11.6. The number of carbonyl (C=O) groups is 1. The number of rotatable bonds is 8. The molecule has 0 unspecified atom stereocenters. The number of carbonyl (C=O) groups excluding carboxylic acids is 1. The molecule has 0 N–H and O–H groups in total. The van der Waals surface area contributed by atoms with Gasteiger partial charge in [-0.1, -0.05) is 35.3 Å². The molecule has 11 heteroatoms. The largest absolute Gasteiger partial charge is 0.490 e. The molecule has 1 heterocycles. The molecule has 0 spiro atoms. The summed E-state index contributed by atoms with van der Waals surface area (Å²) in [6.07, 6.45) is 1.53. The Morgan fingerprint density at radius 1 is 1.11 bits per heavy atom. The predicted molar refractivity (Wildman–Crippen MR) is 140 cm³/mol. The number of esters is 1. The van der Waals surface area contributed by atoms with Crippen molar-refractivity contribution >= 4 is 62.8 Å². The number of hydrogen-bond acceptors (Lipinski definition) is 7. The van der Waals surface area contributed by atoms with Crippen LogP contribution < -0.4 is 9.47 Å². The van der Waals surface area contributed by atoms with Crippen LogP contribution in [0.4, 0.5) is 5.69 Å². The molecule has 1 aliphatic heterocycles. The fourth-order valence-corrected chi connectivity index (χ4v) is 4.24. The highest BCUT2D eigenvalue weighted by atomic mass is 79.9. The lowest BCUT2D eigenvalue weighted by Crippen LogP contribution is -2.06. The molecule has 0 aromatic heterocycles. The Morgan fingerprint density at radius 2 is 1.86 bits per heavy atom. The summed E-state index contributed by atoms with van der Waals surface area (Å²) in [7, 11) is 0. The van der Waals surface area contributed by atoms with Gasteiger partial charge in [0.25, 0.3) is 5.69 Å². The van der Waals surface area contributed by atoms with Gasteiger partial charge in [0.2, 0.25) is 5.90 Å². The van der Waals surface area contributed by atoms with Gasteiger partial charge in [0.05, 0.1) is 26.6 Å². The van der Waals surface area contributed by atoms with E-state index in [1.54, 1.807) is 24.3 Å². The second-order valence-electron chi connectivity index (χ2n) is 7.44. The van der Waals surface area contributed by atoms with Crippen LogP contribution in [-0.2, 0) is 16.1 Å². The molecule has 1 aliphatic rings. The van der Waals surface area contributed by atoms with Gasteiger partial charge in [0.1, 0.15) is 6.61 Å². The maximum atomic E-state index is 12.5. The minimum Gasteiger partial charge on any atom is -0.490 e. The SMILES string of the molecule is CCOc1cc(/C=C2\N=C(c3ccc([N+](=O)[O-])cc3Cl)OC2=O)cc(Br)c1OCc1ccc(Cl)cc1. The van der Waals surface area contributed by atoms with Crippen LogP contribution in [0.5, 0.6) is 11.5 Å². The van der Waals surface area contributed by atoms with Gasteiger partial charge < -0.3 is 14.2 Å². The van der Waals surface area contributed by atoms with Crippen LogP contribution in [0.25, 0.3) is 6.08 Å². The average Bonchev–Trinajstić information content (AvgIpc) is 3.19. The van der Waals surface area contributed by atoms with Crippen LogP contribution in [0, 0.1) is 10.1 Å². The number of non-ortho nitro benzene ring substituents is 1. The summed E-state index contributed by atoms with van der Waals surface area (Å²) in [5.41, 5.74) is 1.65. The molecule has 3 aromatic carbocycles. The molecule has 0 fully saturated rings. The van der Waals surface area contributed by atoms with Crippen LogP contribution in [0.3, 0.4) is 0 Å². The van der Waals surface area contributed by atoms with Crippen molar-refractivity contribution in [3.8, 4) is 11.5 Å². The van der Waals surface area contributed by atoms with Crippen LogP contribution in [0.1, 0.15) is 23.6 Å². The van der Waals surface area contributed by atoms with Gasteiger partial charge in [-0.3, -0.25) is 10.1 Å². The molecule has 3 aromatic rings. The lowest BCUT2D eigenvalue weighted by molar-refractivity contribution is -0.384. The van der Waals surface area contributed by atoms with E-state index in [0.717, 1.165) is 5.56 Å². The Balaban J connectivity index is 1.61. The van der Waals surface area contributed by atoms with E-state index in [2.05, 4.69) is 20.9 Å². The third-order valence-corrected chi connectivity index (χ3v) is 6.10. The van der Waals surface area contributed by atoms with Crippen molar-refractivity contribution in [1.82, 2.24) is 0 Å². The zero-order valence-electron chi connectivity index (χ0n) is 18.7. The van der Waals surface area contributed by atoms with Gasteiger partial charge in [0, 0.05) is 17.2 Å². The summed E-state index contributed by atoms with van der Waals surface area (Å²) in [4.78, 5) is 27.1. The Hall–Kier alpha value is -3.40. The van der Waals surface area contributed by atoms with Crippen molar-refractivity contribution in [2.24, 2.45) is 4.99 Å². The van der Waals surface area contributed by atoms with Crippen molar-refractivity contribution in [2.75, 3.05) is 6.61 Å². The Labute approximate surface area is 224 Å². The van der Waals surface area contributed by atoms with Gasteiger partial charge in [-0.2, -0.15) is 0 Å². The topological polar surface area (TPSA) is 100 Å². The van der Waals surface area contributed by atoms with Gasteiger partial charge >= 0.3 is 5.97 Å². The highest BCUT2D eigenvalue weighted by molar-refractivity contribution is 9.10. The van der Waals surface area contributed by atoms with Crippen molar-refractivity contribution in [3.63, 3.8) is 0 Å². The lowest BCUT2D eigenvalue weighted by Gasteiger charge is -2.15. The van der Waals surface area contributed by atoms with E-state index in [4.69, 9.17) is 37.4 Å². The first-order chi connectivity index (χ1) is 17.2. The number of nitrogens with zero attached hydrogens (tertiary/aromatic N) is 2. The molecule has 8 nitrogen and oxygen atoms in total. The Morgan fingerprint density at radius 3 is 2.53 bits per heavy atom. The molecule has 0 radical (unpaired) electrons. The van der Waals surface area contributed by atoms with Crippen molar-refractivity contribution in [2.45, 2.75) is 13.5 Å². The van der Waals surface area contributed by atoms with Crippen molar-refractivity contribution in [1.29, 1.82) is 0 Å². The summed E-state index contributed by atoms with van der Waals surface area (Å²) >= 11 is 15.6. The van der Waals surface area contributed by atoms with Gasteiger partial charge in [0.15, 0.2) is 17.2 Å². The third kappa shape index (κ3) is 5.87. The molecular formula is C25H17BrCl2N2O6. The van der Waals surface area contributed by atoms with E-state index in [-0.39, 0.29) is 27.9 Å². The minimum absolute atomic E-state index is 0.0311. The number of cyclic esters (lactones) is 1. The normalized spacial score (nSPS) is 13.9. The lowest BCUT2D eigenvalue weighted by atomic mass is 10.1. The Kier molecular flexibility index (Phi) is 7.93. The van der Waals surface area contributed by atoms with Crippen molar-refractivity contribution in [3.05, 3.63) is 102 Å². The highest BCUT2D eigenvalue weighted by Gasteiger charge is 2.27. The molecule has 0 saturated heterocycles. The van der Waals surface area contributed by atoms with Crippen molar-refractivity contribution < 1.29 is 23.9 Å². The average molecular weight is 592 g/mol. The first-order valence-corrected chi connectivity index (χ1v) is 12.1. The standard InChI is InChI=1S/C25H17BrCl2N2O6/c1-2-34-22-11-15(9-19(26)23(22)35-13-14-3-5-16(27)6-4-14)10-21-25(31)36-24(29-21)18-8-7-17(30(32)33)12-20(18)28/h3-12H,2,13H2,1H3/b21-10-. The number of nitro benzene ring substituents is 1. The zero-order chi connectivity index (χ0) is 25.8. The van der Waals surface area contributed by atoms with E-state index in [9.17, 15) is 14.9 Å². The number of aliphatic imine (C=N–C) groups is 1. The number of ether oxygens (including phenoxy) is 3. The maximum absolute atomic E-state index is 12.5. The third-order valence-electron chi connectivity index (χ3n) is 4.95. The fraction of sp³-hybridized carbons (Fsp3) is 0.120. The number of nitro groups is 1. The van der Waals surface area contributed by atoms with Crippen LogP contribution in [0.2, 0.25) is 10.0 Å². The van der Waals surface area contributed by atoms with Crippen LogP contribution in [0.15, 0.2) is 69.8 Å². The van der Waals surface area contributed by atoms with E-state index in [1.165, 1.54) is 24.3 Å². The molecule has 36 heavy (non-hydrogen) atoms.